The van der Waals surface area contributed by atoms with Crippen LogP contribution in [0.25, 0.3) is 11.1 Å². The van der Waals surface area contributed by atoms with Gasteiger partial charge in [0.1, 0.15) is 4.90 Å². The maximum Gasteiger partial charge on any atom is 0.416 e. The Morgan fingerprint density at radius 3 is 2.07 bits per heavy atom. The molecular formula is C20H13ClF3NO3S. The van der Waals surface area contributed by atoms with E-state index in [0.717, 1.165) is 18.2 Å². The molecule has 0 aromatic heterocycles. The molecule has 9 heteroatoms. The van der Waals surface area contributed by atoms with E-state index in [-0.39, 0.29) is 21.0 Å². The second-order valence-electron chi connectivity index (χ2n) is 6.18. The van der Waals surface area contributed by atoms with Crippen LogP contribution in [-0.2, 0) is 16.2 Å². The summed E-state index contributed by atoms with van der Waals surface area (Å²) in [5.74, 6) is -0.484. The maximum atomic E-state index is 12.9. The van der Waals surface area contributed by atoms with Crippen molar-refractivity contribution in [2.24, 2.45) is 5.14 Å². The number of carbonyl (C=O) groups excluding carboxylic acids is 1. The van der Waals surface area contributed by atoms with Crippen LogP contribution in [0.15, 0.2) is 71.6 Å². The summed E-state index contributed by atoms with van der Waals surface area (Å²) in [4.78, 5) is 12.3. The Bertz CT molecular complexity index is 1190. The Hall–Kier alpha value is -2.68. The van der Waals surface area contributed by atoms with Crippen molar-refractivity contribution in [1.82, 2.24) is 0 Å². The van der Waals surface area contributed by atoms with Crippen molar-refractivity contribution in [3.8, 4) is 11.1 Å². The van der Waals surface area contributed by atoms with Crippen LogP contribution >= 0.6 is 11.6 Å². The van der Waals surface area contributed by atoms with Gasteiger partial charge in [0, 0.05) is 11.1 Å². The van der Waals surface area contributed by atoms with Crippen molar-refractivity contribution in [2.45, 2.75) is 11.1 Å². The molecule has 0 spiro atoms. The van der Waals surface area contributed by atoms with Crippen LogP contribution in [0, 0.1) is 0 Å². The minimum absolute atomic E-state index is 0.0604. The largest absolute Gasteiger partial charge is 0.416 e. The number of primary sulfonamides is 1. The molecule has 3 rings (SSSR count). The maximum absolute atomic E-state index is 12.9. The quantitative estimate of drug-likeness (QED) is 0.587. The number of nitrogens with two attached hydrogens (primary N) is 1. The highest BCUT2D eigenvalue weighted by molar-refractivity contribution is 7.89. The minimum atomic E-state index is -4.46. The van der Waals surface area contributed by atoms with E-state index < -0.39 is 27.5 Å². The van der Waals surface area contributed by atoms with Gasteiger partial charge in [0.2, 0.25) is 10.0 Å². The summed E-state index contributed by atoms with van der Waals surface area (Å²) in [6.07, 6.45) is -4.46. The van der Waals surface area contributed by atoms with Crippen molar-refractivity contribution in [2.75, 3.05) is 0 Å². The summed E-state index contributed by atoms with van der Waals surface area (Å²) >= 11 is 5.81. The lowest BCUT2D eigenvalue weighted by Crippen LogP contribution is -2.14. The first-order valence-corrected chi connectivity index (χ1v) is 10.0. The molecule has 3 aromatic carbocycles. The molecule has 2 N–H and O–H groups in total. The number of halogens is 4. The lowest BCUT2D eigenvalue weighted by molar-refractivity contribution is -0.137. The molecule has 0 aliphatic carbocycles. The van der Waals surface area contributed by atoms with E-state index in [0.29, 0.717) is 11.1 Å². The van der Waals surface area contributed by atoms with Crippen LogP contribution in [-0.4, -0.2) is 14.2 Å². The fourth-order valence-electron chi connectivity index (χ4n) is 2.72. The molecule has 0 saturated heterocycles. The van der Waals surface area contributed by atoms with Crippen molar-refractivity contribution in [3.63, 3.8) is 0 Å². The topological polar surface area (TPSA) is 77.2 Å². The zero-order valence-corrected chi connectivity index (χ0v) is 16.1. The number of sulfonamides is 1. The van der Waals surface area contributed by atoms with Crippen molar-refractivity contribution < 1.29 is 26.4 Å². The predicted octanol–water partition coefficient (Wildman–Crippen LogP) is 4.90. The predicted molar refractivity (Wildman–Crippen MR) is 103 cm³/mol. The zero-order chi connectivity index (χ0) is 21.4. The van der Waals surface area contributed by atoms with Gasteiger partial charge < -0.3 is 0 Å². The van der Waals surface area contributed by atoms with E-state index >= 15 is 0 Å². The molecule has 0 bridgehead atoms. The normalized spacial score (nSPS) is 12.0. The Morgan fingerprint density at radius 2 is 1.48 bits per heavy atom. The van der Waals surface area contributed by atoms with Gasteiger partial charge in [0.25, 0.3) is 0 Å². The number of hydrogen-bond donors (Lipinski definition) is 1. The Kier molecular flexibility index (Phi) is 5.53. The minimum Gasteiger partial charge on any atom is -0.289 e. The average Bonchev–Trinajstić information content (AvgIpc) is 2.66. The summed E-state index contributed by atoms with van der Waals surface area (Å²) in [5.41, 5.74) is 0.358. The SMILES string of the molecule is NS(=O)(=O)c1cc(C(=O)c2ccc(-c3cccc(C(F)(F)F)c3)cc2)ccc1Cl. The zero-order valence-electron chi connectivity index (χ0n) is 14.6. The molecule has 29 heavy (non-hydrogen) atoms. The number of carbonyl (C=O) groups is 1. The Balaban J connectivity index is 1.93. The molecule has 0 fully saturated rings. The molecule has 0 unspecified atom stereocenters. The summed E-state index contributed by atoms with van der Waals surface area (Å²) in [6.45, 7) is 0. The third kappa shape index (κ3) is 4.67. The highest BCUT2D eigenvalue weighted by Gasteiger charge is 2.30. The molecule has 4 nitrogen and oxygen atoms in total. The number of rotatable bonds is 4. The van der Waals surface area contributed by atoms with Gasteiger partial charge in [-0.15, -0.1) is 0 Å². The molecule has 0 aliphatic heterocycles. The van der Waals surface area contributed by atoms with Crippen molar-refractivity contribution >= 4 is 27.4 Å². The highest BCUT2D eigenvalue weighted by Crippen LogP contribution is 2.32. The van der Waals surface area contributed by atoms with Crippen LogP contribution in [0.5, 0.6) is 0 Å². The second kappa shape index (κ2) is 7.62. The third-order valence-electron chi connectivity index (χ3n) is 4.17. The molecule has 0 heterocycles. The fourth-order valence-corrected chi connectivity index (χ4v) is 3.79. The lowest BCUT2D eigenvalue weighted by Gasteiger charge is -2.10. The van der Waals surface area contributed by atoms with Crippen LogP contribution in [0.4, 0.5) is 13.2 Å². The first-order valence-electron chi connectivity index (χ1n) is 8.11. The lowest BCUT2D eigenvalue weighted by atomic mass is 9.98. The van der Waals surface area contributed by atoms with Gasteiger partial charge in [0.15, 0.2) is 5.78 Å². The molecule has 0 radical (unpaired) electrons. The number of ketones is 1. The second-order valence-corrected chi connectivity index (χ2v) is 8.11. The fraction of sp³-hybridized carbons (Fsp3) is 0.0500. The van der Waals surface area contributed by atoms with Gasteiger partial charge in [-0.25, -0.2) is 13.6 Å². The standard InChI is InChI=1S/C20H13ClF3NO3S/c21-17-9-8-15(11-18(17)29(25,27)28)19(26)13-6-4-12(5-7-13)14-2-1-3-16(10-14)20(22,23)24/h1-11H,(H2,25,27,28). The van der Waals surface area contributed by atoms with E-state index in [2.05, 4.69) is 0 Å². The van der Waals surface area contributed by atoms with Crippen LogP contribution in [0.2, 0.25) is 5.02 Å². The van der Waals surface area contributed by atoms with E-state index in [1.54, 1.807) is 0 Å². The summed E-state index contributed by atoms with van der Waals surface area (Å²) in [5, 5.41) is 4.98. The summed E-state index contributed by atoms with van der Waals surface area (Å²) < 4.78 is 61.8. The van der Waals surface area contributed by atoms with E-state index in [4.69, 9.17) is 16.7 Å². The summed E-state index contributed by atoms with van der Waals surface area (Å²) in [7, 11) is -4.11. The molecule has 150 valence electrons. The van der Waals surface area contributed by atoms with Crippen LogP contribution < -0.4 is 5.14 Å². The van der Waals surface area contributed by atoms with Gasteiger partial charge >= 0.3 is 6.18 Å². The number of benzene rings is 3. The molecule has 0 atom stereocenters. The molecule has 3 aromatic rings. The first-order chi connectivity index (χ1) is 13.5. The van der Waals surface area contributed by atoms with Crippen molar-refractivity contribution in [1.29, 1.82) is 0 Å². The van der Waals surface area contributed by atoms with Gasteiger partial charge in [-0.3, -0.25) is 4.79 Å². The smallest absolute Gasteiger partial charge is 0.289 e. The van der Waals surface area contributed by atoms with E-state index in [1.165, 1.54) is 48.5 Å². The number of hydrogen-bond acceptors (Lipinski definition) is 3. The molecular weight excluding hydrogens is 427 g/mol. The highest BCUT2D eigenvalue weighted by atomic mass is 35.5. The van der Waals surface area contributed by atoms with Crippen LogP contribution in [0.3, 0.4) is 0 Å². The van der Waals surface area contributed by atoms with Gasteiger partial charge in [-0.1, -0.05) is 48.0 Å². The Morgan fingerprint density at radius 1 is 0.862 bits per heavy atom. The molecule has 0 aliphatic rings. The Labute approximate surface area is 169 Å². The molecule has 0 saturated carbocycles. The number of alkyl halides is 3. The first kappa shape index (κ1) is 21.0. The monoisotopic (exact) mass is 439 g/mol. The average molecular weight is 440 g/mol. The van der Waals surface area contributed by atoms with Gasteiger partial charge in [-0.2, -0.15) is 13.2 Å². The van der Waals surface area contributed by atoms with Crippen molar-refractivity contribution in [3.05, 3.63) is 88.4 Å². The van der Waals surface area contributed by atoms with Crippen LogP contribution in [0.1, 0.15) is 21.5 Å². The summed E-state index contributed by atoms with van der Waals surface area (Å²) in [6, 6.07) is 14.5. The third-order valence-corrected chi connectivity index (χ3v) is 5.56. The molecule has 0 amide bonds. The van der Waals surface area contributed by atoms with E-state index in [9.17, 15) is 26.4 Å². The van der Waals surface area contributed by atoms with E-state index in [1.807, 2.05) is 0 Å². The van der Waals surface area contributed by atoms with Gasteiger partial charge in [0.05, 0.1) is 10.6 Å². The van der Waals surface area contributed by atoms with Gasteiger partial charge in [-0.05, 0) is 41.5 Å².